The maximum Gasteiger partial charge on any atom is 0.137 e. The highest BCUT2D eigenvalue weighted by molar-refractivity contribution is 7.06. The number of ether oxygens (including phenoxy) is 2. The minimum atomic E-state index is 0.474. The summed E-state index contributed by atoms with van der Waals surface area (Å²) in [5.74, 6) is 2.09. The molecule has 0 radical (unpaired) electrons. The molecule has 5 heteroatoms. The van der Waals surface area contributed by atoms with Crippen LogP contribution in [0.3, 0.4) is 0 Å². The fraction of sp³-hybridized carbons (Fsp3) is 0.182. The quantitative estimate of drug-likeness (QED) is 0.885. The van der Waals surface area contributed by atoms with E-state index < -0.39 is 0 Å². The molecule has 2 aromatic rings. The second-order valence-corrected chi connectivity index (χ2v) is 4.08. The summed E-state index contributed by atoms with van der Waals surface area (Å²) in [4.78, 5) is 1.00. The van der Waals surface area contributed by atoms with Crippen molar-refractivity contribution in [2.24, 2.45) is 0 Å². The first kappa shape index (κ1) is 10.8. The first-order chi connectivity index (χ1) is 7.78. The average Bonchev–Trinajstić information content (AvgIpc) is 2.73. The Bertz CT molecular complexity index is 471. The lowest BCUT2D eigenvalue weighted by Gasteiger charge is -2.05. The molecule has 16 heavy (non-hydrogen) atoms. The van der Waals surface area contributed by atoms with Gasteiger partial charge in [0.1, 0.15) is 23.9 Å². The Hall–Kier alpha value is -1.75. The first-order valence-electron chi connectivity index (χ1n) is 4.76. The van der Waals surface area contributed by atoms with Crippen molar-refractivity contribution in [2.45, 2.75) is 6.61 Å². The predicted octanol–water partition coefficient (Wildman–Crippen LogP) is 2.31. The van der Waals surface area contributed by atoms with Gasteiger partial charge in [-0.25, -0.2) is 0 Å². The van der Waals surface area contributed by atoms with Crippen LogP contribution in [0.25, 0.3) is 0 Å². The molecule has 0 amide bonds. The lowest BCUT2D eigenvalue weighted by atomic mass is 10.3. The van der Waals surface area contributed by atoms with E-state index in [0.29, 0.717) is 12.4 Å². The van der Waals surface area contributed by atoms with Crippen molar-refractivity contribution < 1.29 is 9.47 Å². The molecule has 0 aliphatic rings. The molecule has 2 rings (SSSR count). The number of nitrogens with zero attached hydrogens (tertiary/aromatic N) is 1. The van der Waals surface area contributed by atoms with Crippen molar-refractivity contribution in [3.8, 4) is 11.5 Å². The average molecular weight is 236 g/mol. The molecule has 0 atom stereocenters. The molecule has 0 saturated carbocycles. The van der Waals surface area contributed by atoms with E-state index in [4.69, 9.17) is 15.2 Å². The second-order valence-electron chi connectivity index (χ2n) is 3.19. The van der Waals surface area contributed by atoms with E-state index in [9.17, 15) is 0 Å². The zero-order valence-corrected chi connectivity index (χ0v) is 9.66. The van der Waals surface area contributed by atoms with E-state index in [1.54, 1.807) is 7.11 Å². The van der Waals surface area contributed by atoms with Crippen LogP contribution in [-0.4, -0.2) is 11.5 Å². The van der Waals surface area contributed by atoms with Crippen LogP contribution in [0.2, 0.25) is 0 Å². The highest BCUT2D eigenvalue weighted by Crippen LogP contribution is 2.21. The molecule has 1 aromatic heterocycles. The Balaban J connectivity index is 1.99. The van der Waals surface area contributed by atoms with Gasteiger partial charge in [-0.15, -0.1) is 0 Å². The number of hydrogen-bond donors (Lipinski definition) is 1. The first-order valence-corrected chi connectivity index (χ1v) is 5.53. The van der Waals surface area contributed by atoms with Crippen LogP contribution in [0.4, 0.5) is 5.82 Å². The summed E-state index contributed by atoms with van der Waals surface area (Å²) in [6.45, 7) is 0.474. The van der Waals surface area contributed by atoms with Crippen LogP contribution >= 0.6 is 11.5 Å². The fourth-order valence-corrected chi connectivity index (χ4v) is 1.80. The molecule has 84 valence electrons. The monoisotopic (exact) mass is 236 g/mol. The van der Waals surface area contributed by atoms with Crippen molar-refractivity contribution in [1.82, 2.24) is 4.37 Å². The Morgan fingerprint density at radius 3 is 2.81 bits per heavy atom. The Labute approximate surface area is 97.8 Å². The molecule has 1 heterocycles. The van der Waals surface area contributed by atoms with Crippen LogP contribution in [-0.2, 0) is 6.61 Å². The number of nitrogens with two attached hydrogens (primary N) is 1. The van der Waals surface area contributed by atoms with E-state index in [-0.39, 0.29) is 0 Å². The molecule has 1 aromatic carbocycles. The molecular formula is C11H12N2O2S. The Morgan fingerprint density at radius 2 is 2.12 bits per heavy atom. The van der Waals surface area contributed by atoms with Crippen molar-refractivity contribution in [1.29, 1.82) is 0 Å². The van der Waals surface area contributed by atoms with Gasteiger partial charge in [0, 0.05) is 6.07 Å². The van der Waals surface area contributed by atoms with Crippen molar-refractivity contribution in [3.05, 3.63) is 35.2 Å². The number of nitrogen functional groups attached to an aromatic ring is 1. The van der Waals surface area contributed by atoms with Gasteiger partial charge in [0.05, 0.1) is 12.0 Å². The third-order valence-electron chi connectivity index (χ3n) is 2.00. The SMILES string of the molecule is COc1cccc(OCc2cc(N)ns2)c1. The van der Waals surface area contributed by atoms with Crippen LogP contribution in [0.1, 0.15) is 4.88 Å². The molecule has 0 aliphatic heterocycles. The van der Waals surface area contributed by atoms with E-state index in [1.165, 1.54) is 11.5 Å². The molecule has 0 bridgehead atoms. The van der Waals surface area contributed by atoms with Crippen molar-refractivity contribution in [2.75, 3.05) is 12.8 Å². The molecular weight excluding hydrogens is 224 g/mol. The Kier molecular flexibility index (Phi) is 3.26. The fourth-order valence-electron chi connectivity index (χ4n) is 1.24. The van der Waals surface area contributed by atoms with Gasteiger partial charge < -0.3 is 15.2 Å². The maximum atomic E-state index is 5.58. The molecule has 2 N–H and O–H groups in total. The number of rotatable bonds is 4. The standard InChI is InChI=1S/C11H12N2O2S/c1-14-8-3-2-4-9(5-8)15-7-10-6-11(12)13-16-10/h2-6H,7H2,1H3,(H2,12,13). The minimum absolute atomic E-state index is 0.474. The number of benzene rings is 1. The summed E-state index contributed by atoms with van der Waals surface area (Å²) in [5, 5.41) is 0. The number of methoxy groups -OCH3 is 1. The summed E-state index contributed by atoms with van der Waals surface area (Å²) in [6.07, 6.45) is 0. The lowest BCUT2D eigenvalue weighted by molar-refractivity contribution is 0.307. The topological polar surface area (TPSA) is 57.4 Å². The predicted molar refractivity (Wildman–Crippen MR) is 63.9 cm³/mol. The highest BCUT2D eigenvalue weighted by atomic mass is 32.1. The van der Waals surface area contributed by atoms with Crippen LogP contribution in [0, 0.1) is 0 Å². The largest absolute Gasteiger partial charge is 0.497 e. The molecule has 0 spiro atoms. The third-order valence-corrected chi connectivity index (χ3v) is 2.77. The van der Waals surface area contributed by atoms with E-state index >= 15 is 0 Å². The van der Waals surface area contributed by atoms with Crippen molar-refractivity contribution in [3.63, 3.8) is 0 Å². The minimum Gasteiger partial charge on any atom is -0.497 e. The van der Waals surface area contributed by atoms with E-state index in [0.717, 1.165) is 16.4 Å². The van der Waals surface area contributed by atoms with Crippen LogP contribution < -0.4 is 15.2 Å². The molecule has 4 nitrogen and oxygen atoms in total. The van der Waals surface area contributed by atoms with Crippen molar-refractivity contribution >= 4 is 17.4 Å². The molecule has 0 aliphatic carbocycles. The van der Waals surface area contributed by atoms with Gasteiger partial charge in [0.15, 0.2) is 0 Å². The van der Waals surface area contributed by atoms with Gasteiger partial charge in [-0.2, -0.15) is 4.37 Å². The van der Waals surface area contributed by atoms with Crippen LogP contribution in [0.15, 0.2) is 30.3 Å². The molecule has 0 unspecified atom stereocenters. The summed E-state index contributed by atoms with van der Waals surface area (Å²) < 4.78 is 14.7. The summed E-state index contributed by atoms with van der Waals surface area (Å²) in [7, 11) is 1.63. The normalized spacial score (nSPS) is 10.1. The van der Waals surface area contributed by atoms with E-state index in [1.807, 2.05) is 30.3 Å². The molecule has 0 saturated heterocycles. The lowest BCUT2D eigenvalue weighted by Crippen LogP contribution is -1.93. The highest BCUT2D eigenvalue weighted by Gasteiger charge is 2.01. The van der Waals surface area contributed by atoms with Gasteiger partial charge in [-0.3, -0.25) is 0 Å². The van der Waals surface area contributed by atoms with Gasteiger partial charge in [-0.1, -0.05) is 6.07 Å². The van der Waals surface area contributed by atoms with Gasteiger partial charge >= 0.3 is 0 Å². The van der Waals surface area contributed by atoms with E-state index in [2.05, 4.69) is 4.37 Å². The van der Waals surface area contributed by atoms with Gasteiger partial charge in [-0.05, 0) is 29.7 Å². The zero-order valence-electron chi connectivity index (χ0n) is 8.84. The zero-order chi connectivity index (χ0) is 11.4. The number of anilines is 1. The van der Waals surface area contributed by atoms with Crippen LogP contribution in [0.5, 0.6) is 11.5 Å². The summed E-state index contributed by atoms with van der Waals surface area (Å²) >= 11 is 1.35. The maximum absolute atomic E-state index is 5.58. The summed E-state index contributed by atoms with van der Waals surface area (Å²) in [5.41, 5.74) is 5.52. The van der Waals surface area contributed by atoms with Gasteiger partial charge in [0.2, 0.25) is 0 Å². The number of aromatic nitrogens is 1. The number of hydrogen-bond acceptors (Lipinski definition) is 5. The van der Waals surface area contributed by atoms with Gasteiger partial charge in [0.25, 0.3) is 0 Å². The summed E-state index contributed by atoms with van der Waals surface area (Å²) in [6, 6.07) is 9.29. The second kappa shape index (κ2) is 4.85. The smallest absolute Gasteiger partial charge is 0.137 e. The molecule has 0 fully saturated rings. The third kappa shape index (κ3) is 2.64. The Morgan fingerprint density at radius 1 is 1.31 bits per heavy atom.